The molecule has 1 aliphatic rings. The minimum atomic E-state index is -0.119. The van der Waals surface area contributed by atoms with Gasteiger partial charge in [0, 0.05) is 25.5 Å². The van der Waals surface area contributed by atoms with Crippen LogP contribution in [0.5, 0.6) is 5.75 Å². The van der Waals surface area contributed by atoms with E-state index in [4.69, 9.17) is 4.74 Å². The molecule has 1 aromatic carbocycles. The third kappa shape index (κ3) is 3.47. The summed E-state index contributed by atoms with van der Waals surface area (Å²) >= 11 is 0. The summed E-state index contributed by atoms with van der Waals surface area (Å²) in [6.07, 6.45) is 6.37. The van der Waals surface area contributed by atoms with Crippen LogP contribution < -0.4 is 10.1 Å². The summed E-state index contributed by atoms with van der Waals surface area (Å²) in [7, 11) is 0. The van der Waals surface area contributed by atoms with E-state index in [0.717, 1.165) is 30.2 Å². The van der Waals surface area contributed by atoms with Crippen LogP contribution in [0.4, 0.5) is 0 Å². The van der Waals surface area contributed by atoms with E-state index in [1.54, 1.807) is 0 Å². The van der Waals surface area contributed by atoms with Crippen LogP contribution in [-0.4, -0.2) is 34.2 Å². The van der Waals surface area contributed by atoms with Gasteiger partial charge in [-0.1, -0.05) is 6.07 Å². The van der Waals surface area contributed by atoms with Crippen LogP contribution >= 0.6 is 0 Å². The molecular weight excluding hydrogens is 268 g/mol. The standard InChI is InChI=1S/C15H16N4O2/c20-15(16-7-5-14-17-10-18-19-14)4-2-11-1-3-13-12(9-11)6-8-21-13/h1-4,9-10H,5-8H2,(H,16,20)(H,17,18,19). The number of hydrogen-bond acceptors (Lipinski definition) is 4. The van der Waals surface area contributed by atoms with Crippen molar-refractivity contribution in [3.63, 3.8) is 0 Å². The number of H-pyrrole nitrogens is 1. The second kappa shape index (κ2) is 6.21. The zero-order valence-corrected chi connectivity index (χ0v) is 11.5. The molecule has 0 aliphatic carbocycles. The van der Waals surface area contributed by atoms with E-state index in [9.17, 15) is 4.79 Å². The van der Waals surface area contributed by atoms with Crippen molar-refractivity contribution in [1.29, 1.82) is 0 Å². The molecule has 0 unspecified atom stereocenters. The Hall–Kier alpha value is -2.63. The molecule has 108 valence electrons. The summed E-state index contributed by atoms with van der Waals surface area (Å²) in [6, 6.07) is 5.95. The van der Waals surface area contributed by atoms with E-state index in [-0.39, 0.29) is 5.91 Å². The first-order valence-electron chi connectivity index (χ1n) is 6.87. The lowest BCUT2D eigenvalue weighted by molar-refractivity contribution is -0.116. The van der Waals surface area contributed by atoms with Crippen LogP contribution in [0.25, 0.3) is 6.08 Å². The summed E-state index contributed by atoms with van der Waals surface area (Å²) in [6.45, 7) is 1.26. The van der Waals surface area contributed by atoms with Gasteiger partial charge in [-0.2, -0.15) is 5.10 Å². The molecule has 3 rings (SSSR count). The molecule has 6 nitrogen and oxygen atoms in total. The maximum Gasteiger partial charge on any atom is 0.244 e. The first-order chi connectivity index (χ1) is 10.3. The number of aromatic nitrogens is 3. The predicted molar refractivity (Wildman–Crippen MR) is 77.8 cm³/mol. The largest absolute Gasteiger partial charge is 0.493 e. The molecular formula is C15H16N4O2. The van der Waals surface area contributed by atoms with Crippen LogP contribution in [0.3, 0.4) is 0 Å². The average Bonchev–Trinajstić information content (AvgIpc) is 3.15. The lowest BCUT2D eigenvalue weighted by atomic mass is 10.1. The van der Waals surface area contributed by atoms with Gasteiger partial charge in [0.15, 0.2) is 0 Å². The Balaban J connectivity index is 1.50. The molecule has 1 amide bonds. The number of rotatable bonds is 5. The number of amides is 1. The highest BCUT2D eigenvalue weighted by atomic mass is 16.5. The van der Waals surface area contributed by atoms with E-state index in [1.807, 2.05) is 18.2 Å². The first-order valence-corrected chi connectivity index (χ1v) is 6.87. The van der Waals surface area contributed by atoms with E-state index < -0.39 is 0 Å². The van der Waals surface area contributed by atoms with Gasteiger partial charge in [-0.15, -0.1) is 0 Å². The maximum atomic E-state index is 11.7. The molecule has 0 spiro atoms. The molecule has 1 aromatic heterocycles. The molecule has 6 heteroatoms. The van der Waals surface area contributed by atoms with E-state index >= 15 is 0 Å². The van der Waals surface area contributed by atoms with Gasteiger partial charge in [0.25, 0.3) is 0 Å². The molecule has 0 saturated carbocycles. The summed E-state index contributed by atoms with van der Waals surface area (Å²) < 4.78 is 5.45. The number of nitrogens with one attached hydrogen (secondary N) is 2. The van der Waals surface area contributed by atoms with Crippen LogP contribution in [0, 0.1) is 0 Å². The third-order valence-electron chi connectivity index (χ3n) is 3.27. The Morgan fingerprint density at radius 1 is 1.48 bits per heavy atom. The van der Waals surface area contributed by atoms with Gasteiger partial charge in [0.05, 0.1) is 6.61 Å². The molecule has 2 N–H and O–H groups in total. The fraction of sp³-hybridized carbons (Fsp3) is 0.267. The maximum absolute atomic E-state index is 11.7. The van der Waals surface area contributed by atoms with E-state index in [2.05, 4.69) is 26.6 Å². The smallest absolute Gasteiger partial charge is 0.244 e. The number of carbonyl (C=O) groups excluding carboxylic acids is 1. The van der Waals surface area contributed by atoms with Gasteiger partial charge in [-0.3, -0.25) is 9.89 Å². The normalized spacial score (nSPS) is 13.1. The van der Waals surface area contributed by atoms with Crippen molar-refractivity contribution in [3.05, 3.63) is 47.6 Å². The molecule has 0 atom stereocenters. The summed E-state index contributed by atoms with van der Waals surface area (Å²) in [5.74, 6) is 1.59. The Kier molecular flexibility index (Phi) is 3.95. The first kappa shape index (κ1) is 13.4. The average molecular weight is 284 g/mol. The highest BCUT2D eigenvalue weighted by Crippen LogP contribution is 2.26. The minimum absolute atomic E-state index is 0.119. The van der Waals surface area contributed by atoms with Crippen molar-refractivity contribution in [2.45, 2.75) is 12.8 Å². The second-order valence-corrected chi connectivity index (χ2v) is 4.77. The third-order valence-corrected chi connectivity index (χ3v) is 3.27. The molecule has 2 heterocycles. The SMILES string of the molecule is O=C(C=Cc1ccc2c(c1)CCO2)NCCc1ncn[nH]1. The van der Waals surface area contributed by atoms with Gasteiger partial charge < -0.3 is 10.1 Å². The van der Waals surface area contributed by atoms with Crippen molar-refractivity contribution < 1.29 is 9.53 Å². The lowest BCUT2D eigenvalue weighted by Crippen LogP contribution is -2.23. The van der Waals surface area contributed by atoms with Gasteiger partial charge in [0.2, 0.25) is 5.91 Å². The number of fused-ring (bicyclic) bond motifs is 1. The second-order valence-electron chi connectivity index (χ2n) is 4.77. The summed E-state index contributed by atoms with van der Waals surface area (Å²) in [5.41, 5.74) is 2.20. The van der Waals surface area contributed by atoms with Gasteiger partial charge in [-0.25, -0.2) is 4.98 Å². The van der Waals surface area contributed by atoms with Gasteiger partial charge >= 0.3 is 0 Å². The molecule has 2 aromatic rings. The van der Waals surface area contributed by atoms with Crippen molar-refractivity contribution in [3.8, 4) is 5.75 Å². The van der Waals surface area contributed by atoms with E-state index in [0.29, 0.717) is 13.0 Å². The predicted octanol–water partition coefficient (Wildman–Crippen LogP) is 1.11. The summed E-state index contributed by atoms with van der Waals surface area (Å²) in [4.78, 5) is 15.7. The van der Waals surface area contributed by atoms with Gasteiger partial charge in [0.1, 0.15) is 17.9 Å². The summed E-state index contributed by atoms with van der Waals surface area (Å²) in [5, 5.41) is 9.31. The van der Waals surface area contributed by atoms with Crippen LogP contribution in [-0.2, 0) is 17.6 Å². The Morgan fingerprint density at radius 3 is 3.29 bits per heavy atom. The van der Waals surface area contributed by atoms with Crippen LogP contribution in [0.15, 0.2) is 30.6 Å². The molecule has 21 heavy (non-hydrogen) atoms. The number of hydrogen-bond donors (Lipinski definition) is 2. The molecule has 1 aliphatic heterocycles. The topological polar surface area (TPSA) is 79.9 Å². The Morgan fingerprint density at radius 2 is 2.43 bits per heavy atom. The molecule has 0 fully saturated rings. The number of carbonyl (C=O) groups is 1. The highest BCUT2D eigenvalue weighted by Gasteiger charge is 2.11. The minimum Gasteiger partial charge on any atom is -0.493 e. The van der Waals surface area contributed by atoms with Crippen molar-refractivity contribution in [2.75, 3.05) is 13.2 Å². The quantitative estimate of drug-likeness (QED) is 0.806. The van der Waals surface area contributed by atoms with Crippen molar-refractivity contribution >= 4 is 12.0 Å². The molecule has 0 saturated heterocycles. The fourth-order valence-electron chi connectivity index (χ4n) is 2.20. The monoisotopic (exact) mass is 284 g/mol. The molecule has 0 radical (unpaired) electrons. The van der Waals surface area contributed by atoms with Crippen LogP contribution in [0.2, 0.25) is 0 Å². The lowest BCUT2D eigenvalue weighted by Gasteiger charge is -2.01. The fourth-order valence-corrected chi connectivity index (χ4v) is 2.20. The zero-order valence-electron chi connectivity index (χ0n) is 11.5. The van der Waals surface area contributed by atoms with Gasteiger partial charge in [-0.05, 0) is 29.3 Å². The number of nitrogens with zero attached hydrogens (tertiary/aromatic N) is 2. The van der Waals surface area contributed by atoms with Crippen LogP contribution in [0.1, 0.15) is 17.0 Å². The zero-order chi connectivity index (χ0) is 14.5. The number of benzene rings is 1. The van der Waals surface area contributed by atoms with E-state index in [1.165, 1.54) is 18.0 Å². The molecule has 0 bridgehead atoms. The highest BCUT2D eigenvalue weighted by molar-refractivity contribution is 5.91. The number of ether oxygens (including phenoxy) is 1. The number of aromatic amines is 1. The Bertz CT molecular complexity index is 650. The Labute approximate surface area is 122 Å². The van der Waals surface area contributed by atoms with Crippen molar-refractivity contribution in [2.24, 2.45) is 0 Å². The van der Waals surface area contributed by atoms with Crippen molar-refractivity contribution in [1.82, 2.24) is 20.5 Å².